The van der Waals surface area contributed by atoms with E-state index in [-0.39, 0.29) is 0 Å². The van der Waals surface area contributed by atoms with Crippen LogP contribution in [0.15, 0.2) is 24.3 Å². The number of benzene rings is 1. The first-order chi connectivity index (χ1) is 9.13. The summed E-state index contributed by atoms with van der Waals surface area (Å²) in [7, 11) is 0. The van der Waals surface area contributed by atoms with Crippen LogP contribution in [0.2, 0.25) is 0 Å². The fourth-order valence-corrected chi connectivity index (χ4v) is 3.81. The quantitative estimate of drug-likeness (QED) is 0.834. The number of nitrogens with one attached hydrogen (secondary N) is 1. The molecule has 0 bridgehead atoms. The van der Waals surface area contributed by atoms with Gasteiger partial charge in [-0.15, -0.1) is 0 Å². The molecule has 0 saturated heterocycles. The fraction of sp³-hybridized carbons (Fsp3) is 0.625. The minimum Gasteiger partial charge on any atom is -0.508 e. The van der Waals surface area contributed by atoms with Crippen molar-refractivity contribution in [2.45, 2.75) is 49.8 Å². The summed E-state index contributed by atoms with van der Waals surface area (Å²) < 4.78 is 0.475. The lowest BCUT2D eigenvalue weighted by atomic mass is 10.0. The monoisotopic (exact) mass is 279 g/mol. The van der Waals surface area contributed by atoms with Gasteiger partial charge < -0.3 is 10.4 Å². The maximum absolute atomic E-state index is 9.29. The first-order valence-electron chi connectivity index (χ1n) is 7.20. The number of phenolic OH excluding ortho intramolecular Hbond substituents is 1. The van der Waals surface area contributed by atoms with Crippen molar-refractivity contribution in [3.63, 3.8) is 0 Å². The maximum atomic E-state index is 9.29. The van der Waals surface area contributed by atoms with E-state index in [0.29, 0.717) is 16.5 Å². The number of hydrogen-bond donors (Lipinski definition) is 2. The van der Waals surface area contributed by atoms with Crippen molar-refractivity contribution in [1.82, 2.24) is 5.32 Å². The summed E-state index contributed by atoms with van der Waals surface area (Å²) in [5.74, 6) is 0.344. The Morgan fingerprint density at radius 3 is 2.47 bits per heavy atom. The van der Waals surface area contributed by atoms with Crippen LogP contribution in [0.1, 0.15) is 38.2 Å². The lowest BCUT2D eigenvalue weighted by molar-refractivity contribution is 0.470. The van der Waals surface area contributed by atoms with Crippen molar-refractivity contribution in [1.29, 1.82) is 0 Å². The molecule has 2 N–H and O–H groups in total. The SMILES string of the molecule is CSC1(CNC(C)Cc2ccc(O)cc2)CCCC1. The molecule has 0 aliphatic heterocycles. The highest BCUT2D eigenvalue weighted by molar-refractivity contribution is 8.00. The first kappa shape index (κ1) is 14.7. The van der Waals surface area contributed by atoms with Gasteiger partial charge in [-0.2, -0.15) is 11.8 Å². The molecular formula is C16H25NOS. The van der Waals surface area contributed by atoms with Crippen molar-refractivity contribution in [3.8, 4) is 5.75 Å². The Hall–Kier alpha value is -0.670. The molecule has 1 aliphatic rings. The van der Waals surface area contributed by atoms with Crippen LogP contribution in [0.25, 0.3) is 0 Å². The largest absolute Gasteiger partial charge is 0.508 e. The van der Waals surface area contributed by atoms with Gasteiger partial charge >= 0.3 is 0 Å². The molecule has 1 unspecified atom stereocenters. The minimum absolute atomic E-state index is 0.344. The Morgan fingerprint density at radius 1 is 1.26 bits per heavy atom. The molecule has 1 aromatic rings. The van der Waals surface area contributed by atoms with E-state index in [9.17, 15) is 5.11 Å². The van der Waals surface area contributed by atoms with Crippen LogP contribution >= 0.6 is 11.8 Å². The lowest BCUT2D eigenvalue weighted by Crippen LogP contribution is -2.40. The van der Waals surface area contributed by atoms with Crippen molar-refractivity contribution < 1.29 is 5.11 Å². The Bertz CT molecular complexity index is 384. The molecular weight excluding hydrogens is 254 g/mol. The third-order valence-corrected chi connectivity index (χ3v) is 5.62. The molecule has 2 nitrogen and oxygen atoms in total. The molecule has 0 aromatic heterocycles. The van der Waals surface area contributed by atoms with Crippen molar-refractivity contribution in [2.75, 3.05) is 12.8 Å². The molecule has 1 atom stereocenters. The Kier molecular flexibility index (Phi) is 5.17. The van der Waals surface area contributed by atoms with E-state index < -0.39 is 0 Å². The molecule has 0 amide bonds. The van der Waals surface area contributed by atoms with Gasteiger partial charge in [0.25, 0.3) is 0 Å². The van der Waals surface area contributed by atoms with E-state index in [1.54, 1.807) is 12.1 Å². The molecule has 2 rings (SSSR count). The highest BCUT2D eigenvalue weighted by atomic mass is 32.2. The van der Waals surface area contributed by atoms with Gasteiger partial charge in [0.1, 0.15) is 5.75 Å². The van der Waals surface area contributed by atoms with Crippen molar-refractivity contribution >= 4 is 11.8 Å². The van der Waals surface area contributed by atoms with Gasteiger partial charge in [-0.25, -0.2) is 0 Å². The first-order valence-corrected chi connectivity index (χ1v) is 8.42. The van der Waals surface area contributed by atoms with Crippen LogP contribution in [-0.2, 0) is 6.42 Å². The molecule has 0 radical (unpaired) electrons. The summed E-state index contributed by atoms with van der Waals surface area (Å²) in [5.41, 5.74) is 1.28. The Balaban J connectivity index is 1.81. The number of hydrogen-bond acceptors (Lipinski definition) is 3. The smallest absolute Gasteiger partial charge is 0.115 e. The van der Waals surface area contributed by atoms with Crippen molar-refractivity contribution in [3.05, 3.63) is 29.8 Å². The average molecular weight is 279 g/mol. The highest BCUT2D eigenvalue weighted by Gasteiger charge is 2.32. The van der Waals surface area contributed by atoms with Crippen LogP contribution < -0.4 is 5.32 Å². The second-order valence-corrected chi connectivity index (χ2v) is 7.02. The number of phenols is 1. The Morgan fingerprint density at radius 2 is 1.89 bits per heavy atom. The summed E-state index contributed by atoms with van der Waals surface area (Å²) in [5, 5.41) is 13.0. The molecule has 1 aromatic carbocycles. The minimum atomic E-state index is 0.344. The Labute approximate surface area is 121 Å². The predicted molar refractivity (Wildman–Crippen MR) is 84.0 cm³/mol. The zero-order chi connectivity index (χ0) is 13.7. The highest BCUT2D eigenvalue weighted by Crippen LogP contribution is 2.39. The molecule has 3 heteroatoms. The predicted octanol–water partition coefficient (Wildman–Crippen LogP) is 3.59. The van der Waals surface area contributed by atoms with E-state index in [4.69, 9.17) is 0 Å². The third-order valence-electron chi connectivity index (χ3n) is 4.20. The van der Waals surface area contributed by atoms with Gasteiger partial charge in [0.05, 0.1) is 0 Å². The summed E-state index contributed by atoms with van der Waals surface area (Å²) in [4.78, 5) is 0. The summed E-state index contributed by atoms with van der Waals surface area (Å²) in [6, 6.07) is 8.03. The van der Waals surface area contributed by atoms with E-state index >= 15 is 0 Å². The molecule has 1 fully saturated rings. The van der Waals surface area contributed by atoms with Gasteiger partial charge in [-0.05, 0) is 50.1 Å². The van der Waals surface area contributed by atoms with Gasteiger partial charge in [0, 0.05) is 17.3 Å². The van der Waals surface area contributed by atoms with Crippen LogP contribution in [0.4, 0.5) is 0 Å². The van der Waals surface area contributed by atoms with Crippen LogP contribution in [0.5, 0.6) is 5.75 Å². The second kappa shape index (κ2) is 6.67. The van der Waals surface area contributed by atoms with Gasteiger partial charge in [-0.1, -0.05) is 25.0 Å². The lowest BCUT2D eigenvalue weighted by Gasteiger charge is -2.29. The summed E-state index contributed by atoms with van der Waals surface area (Å²) >= 11 is 2.03. The molecule has 19 heavy (non-hydrogen) atoms. The molecule has 1 aliphatic carbocycles. The van der Waals surface area contributed by atoms with E-state index in [2.05, 4.69) is 18.5 Å². The van der Waals surface area contributed by atoms with Crippen LogP contribution in [-0.4, -0.2) is 28.7 Å². The van der Waals surface area contributed by atoms with Crippen LogP contribution in [0.3, 0.4) is 0 Å². The van der Waals surface area contributed by atoms with Gasteiger partial charge in [0.2, 0.25) is 0 Å². The zero-order valence-electron chi connectivity index (χ0n) is 12.0. The zero-order valence-corrected chi connectivity index (χ0v) is 12.8. The summed E-state index contributed by atoms with van der Waals surface area (Å²) in [6.45, 7) is 3.36. The third kappa shape index (κ3) is 4.15. The fourth-order valence-electron chi connectivity index (χ4n) is 2.89. The molecule has 1 saturated carbocycles. The van der Waals surface area contributed by atoms with E-state index in [1.807, 2.05) is 23.9 Å². The average Bonchev–Trinajstić information content (AvgIpc) is 2.89. The summed E-state index contributed by atoms with van der Waals surface area (Å²) in [6.07, 6.45) is 8.74. The number of thioether (sulfide) groups is 1. The van der Waals surface area contributed by atoms with E-state index in [1.165, 1.54) is 31.2 Å². The second-order valence-electron chi connectivity index (χ2n) is 5.75. The standard InChI is InChI=1S/C16H25NOS/c1-13(11-14-5-7-15(18)8-6-14)17-12-16(19-2)9-3-4-10-16/h5-8,13,17-18H,3-4,9-12H2,1-2H3. The normalized spacial score (nSPS) is 19.5. The molecule has 0 spiro atoms. The topological polar surface area (TPSA) is 32.3 Å². The van der Waals surface area contributed by atoms with E-state index in [0.717, 1.165) is 13.0 Å². The number of aromatic hydroxyl groups is 1. The van der Waals surface area contributed by atoms with Gasteiger partial charge in [0.15, 0.2) is 0 Å². The van der Waals surface area contributed by atoms with Gasteiger partial charge in [-0.3, -0.25) is 0 Å². The maximum Gasteiger partial charge on any atom is 0.115 e. The van der Waals surface area contributed by atoms with Crippen molar-refractivity contribution in [2.24, 2.45) is 0 Å². The molecule has 0 heterocycles. The van der Waals surface area contributed by atoms with Crippen LogP contribution in [0, 0.1) is 0 Å². The molecule has 106 valence electrons. The number of rotatable bonds is 6.